The van der Waals surface area contributed by atoms with E-state index in [1.54, 1.807) is 6.07 Å². The van der Waals surface area contributed by atoms with Crippen LogP contribution in [0.25, 0.3) is 0 Å². The van der Waals surface area contributed by atoms with Crippen molar-refractivity contribution in [2.24, 2.45) is 5.73 Å². The number of hydrogen-bond donors (Lipinski definition) is 3. The molecule has 7 nitrogen and oxygen atoms in total. The number of anilines is 2. The molecule has 0 heterocycles. The fourth-order valence-corrected chi connectivity index (χ4v) is 1.93. The third-order valence-electron chi connectivity index (χ3n) is 2.11. The van der Waals surface area contributed by atoms with E-state index in [4.69, 9.17) is 11.5 Å². The van der Waals surface area contributed by atoms with Crippen LogP contribution >= 0.6 is 0 Å². The summed E-state index contributed by atoms with van der Waals surface area (Å²) in [5.74, 6) is 0. The standard InChI is InChI=1S/C10H15N3O4S/c1-18(15,16)7-2-3-9(8(11)6-7)13-4-5-17-10(12)14/h2-3,6,13H,4-5,11H2,1H3,(H2,12,14). The first-order valence-corrected chi connectivity index (χ1v) is 6.95. The molecule has 0 saturated carbocycles. The Balaban J connectivity index is 2.66. The SMILES string of the molecule is CS(=O)(=O)c1ccc(NCCOC(N)=O)c(N)c1. The third-order valence-corrected chi connectivity index (χ3v) is 3.22. The molecule has 5 N–H and O–H groups in total. The zero-order chi connectivity index (χ0) is 13.8. The molecule has 0 aliphatic rings. The normalized spacial score (nSPS) is 10.9. The average molecular weight is 273 g/mol. The lowest BCUT2D eigenvalue weighted by Gasteiger charge is -2.10. The molecule has 0 aliphatic heterocycles. The summed E-state index contributed by atoms with van der Waals surface area (Å²) >= 11 is 0. The summed E-state index contributed by atoms with van der Waals surface area (Å²) in [5.41, 5.74) is 11.4. The van der Waals surface area contributed by atoms with E-state index in [0.29, 0.717) is 17.9 Å². The summed E-state index contributed by atoms with van der Waals surface area (Å²) in [6, 6.07) is 4.37. The second-order valence-corrected chi connectivity index (χ2v) is 5.63. The maximum atomic E-state index is 11.3. The Morgan fingerprint density at radius 3 is 2.61 bits per heavy atom. The summed E-state index contributed by atoms with van der Waals surface area (Å²) in [7, 11) is -3.27. The van der Waals surface area contributed by atoms with Crippen LogP contribution in [-0.2, 0) is 14.6 Å². The van der Waals surface area contributed by atoms with Crippen LogP contribution in [0.3, 0.4) is 0 Å². The molecular weight excluding hydrogens is 258 g/mol. The molecule has 0 fully saturated rings. The van der Waals surface area contributed by atoms with Gasteiger partial charge in [-0.15, -0.1) is 0 Å². The lowest BCUT2D eigenvalue weighted by molar-refractivity contribution is 0.161. The van der Waals surface area contributed by atoms with Crippen molar-refractivity contribution in [2.75, 3.05) is 30.5 Å². The molecular formula is C10H15N3O4S. The van der Waals surface area contributed by atoms with Crippen molar-refractivity contribution in [3.63, 3.8) is 0 Å². The van der Waals surface area contributed by atoms with Gasteiger partial charge in [-0.1, -0.05) is 0 Å². The quantitative estimate of drug-likeness (QED) is 0.519. The fourth-order valence-electron chi connectivity index (χ4n) is 1.27. The highest BCUT2D eigenvalue weighted by molar-refractivity contribution is 7.90. The van der Waals surface area contributed by atoms with Crippen LogP contribution in [0, 0.1) is 0 Å². The predicted octanol–water partition coefficient (Wildman–Crippen LogP) is 0.180. The Hall–Kier alpha value is -1.96. The molecule has 1 amide bonds. The van der Waals surface area contributed by atoms with Crippen molar-refractivity contribution in [1.29, 1.82) is 0 Å². The second-order valence-electron chi connectivity index (χ2n) is 3.62. The van der Waals surface area contributed by atoms with Crippen LogP contribution < -0.4 is 16.8 Å². The van der Waals surface area contributed by atoms with Crippen molar-refractivity contribution < 1.29 is 17.9 Å². The minimum absolute atomic E-state index is 0.0998. The molecule has 0 atom stereocenters. The van der Waals surface area contributed by atoms with E-state index in [9.17, 15) is 13.2 Å². The van der Waals surface area contributed by atoms with Gasteiger partial charge < -0.3 is 21.5 Å². The number of ether oxygens (including phenoxy) is 1. The zero-order valence-electron chi connectivity index (χ0n) is 9.84. The predicted molar refractivity (Wildman–Crippen MR) is 68.0 cm³/mol. The van der Waals surface area contributed by atoms with Gasteiger partial charge in [-0.05, 0) is 18.2 Å². The zero-order valence-corrected chi connectivity index (χ0v) is 10.7. The largest absolute Gasteiger partial charge is 0.448 e. The van der Waals surface area contributed by atoms with Gasteiger partial charge in [0.05, 0.1) is 16.3 Å². The third kappa shape index (κ3) is 4.13. The summed E-state index contributed by atoms with van der Waals surface area (Å²) < 4.78 is 27.1. The number of hydrogen-bond acceptors (Lipinski definition) is 6. The molecule has 0 saturated heterocycles. The molecule has 8 heteroatoms. The minimum Gasteiger partial charge on any atom is -0.448 e. The topological polar surface area (TPSA) is 125 Å². The number of carbonyl (C=O) groups excluding carboxylic acids is 1. The number of benzene rings is 1. The van der Waals surface area contributed by atoms with Gasteiger partial charge in [0, 0.05) is 12.8 Å². The average Bonchev–Trinajstić information content (AvgIpc) is 2.24. The molecule has 1 rings (SSSR count). The van der Waals surface area contributed by atoms with E-state index in [0.717, 1.165) is 6.26 Å². The lowest BCUT2D eigenvalue weighted by atomic mass is 10.2. The van der Waals surface area contributed by atoms with Gasteiger partial charge in [0.25, 0.3) is 0 Å². The molecule has 1 aromatic rings. The summed E-state index contributed by atoms with van der Waals surface area (Å²) in [6.45, 7) is 0.425. The molecule has 0 bridgehead atoms. The highest BCUT2D eigenvalue weighted by Gasteiger charge is 2.09. The van der Waals surface area contributed by atoms with Gasteiger partial charge in [0.15, 0.2) is 9.84 Å². The van der Waals surface area contributed by atoms with Crippen molar-refractivity contribution in [1.82, 2.24) is 0 Å². The number of nitrogens with two attached hydrogens (primary N) is 2. The van der Waals surface area contributed by atoms with Crippen LogP contribution in [0.5, 0.6) is 0 Å². The Morgan fingerprint density at radius 2 is 2.11 bits per heavy atom. The first-order chi connectivity index (χ1) is 8.30. The first kappa shape index (κ1) is 14.1. The Morgan fingerprint density at radius 1 is 1.44 bits per heavy atom. The van der Waals surface area contributed by atoms with Crippen molar-refractivity contribution in [3.05, 3.63) is 18.2 Å². The maximum absolute atomic E-state index is 11.3. The van der Waals surface area contributed by atoms with Crippen molar-refractivity contribution >= 4 is 27.3 Å². The Labute approximate surface area is 105 Å². The molecule has 0 radical (unpaired) electrons. The van der Waals surface area contributed by atoms with Crippen molar-refractivity contribution in [3.8, 4) is 0 Å². The van der Waals surface area contributed by atoms with Gasteiger partial charge >= 0.3 is 6.09 Å². The number of nitrogen functional groups attached to an aromatic ring is 1. The Kier molecular flexibility index (Phi) is 4.38. The first-order valence-electron chi connectivity index (χ1n) is 5.06. The van der Waals surface area contributed by atoms with E-state index in [-0.39, 0.29) is 11.5 Å². The molecule has 0 spiro atoms. The smallest absolute Gasteiger partial charge is 0.404 e. The molecule has 0 unspecified atom stereocenters. The molecule has 18 heavy (non-hydrogen) atoms. The van der Waals surface area contributed by atoms with Gasteiger partial charge in [-0.3, -0.25) is 0 Å². The molecule has 0 aliphatic carbocycles. The van der Waals surface area contributed by atoms with Crippen LogP contribution in [0.4, 0.5) is 16.2 Å². The second kappa shape index (κ2) is 5.58. The number of primary amides is 1. The van der Waals surface area contributed by atoms with Gasteiger partial charge in [0.2, 0.25) is 0 Å². The summed E-state index contributed by atoms with van der Waals surface area (Å²) in [4.78, 5) is 10.5. The van der Waals surface area contributed by atoms with E-state index in [1.807, 2.05) is 0 Å². The minimum atomic E-state index is -3.27. The fraction of sp³-hybridized carbons (Fsp3) is 0.300. The van der Waals surface area contributed by atoms with Crippen LogP contribution in [0.15, 0.2) is 23.1 Å². The summed E-state index contributed by atoms with van der Waals surface area (Å²) in [6.07, 6.45) is 0.257. The summed E-state index contributed by atoms with van der Waals surface area (Å²) in [5, 5.41) is 2.89. The van der Waals surface area contributed by atoms with Crippen LogP contribution in [0.2, 0.25) is 0 Å². The van der Waals surface area contributed by atoms with Gasteiger partial charge in [-0.25, -0.2) is 13.2 Å². The van der Waals surface area contributed by atoms with E-state index in [2.05, 4.69) is 10.1 Å². The monoisotopic (exact) mass is 273 g/mol. The molecule has 0 aromatic heterocycles. The Bertz CT molecular complexity index is 542. The molecule has 1 aromatic carbocycles. The highest BCUT2D eigenvalue weighted by Crippen LogP contribution is 2.22. The van der Waals surface area contributed by atoms with E-state index >= 15 is 0 Å². The van der Waals surface area contributed by atoms with Crippen LogP contribution in [-0.4, -0.2) is 33.9 Å². The maximum Gasteiger partial charge on any atom is 0.404 e. The van der Waals surface area contributed by atoms with Gasteiger partial charge in [0.1, 0.15) is 6.61 Å². The van der Waals surface area contributed by atoms with Crippen LogP contribution in [0.1, 0.15) is 0 Å². The number of sulfone groups is 1. The van der Waals surface area contributed by atoms with E-state index in [1.165, 1.54) is 12.1 Å². The van der Waals surface area contributed by atoms with E-state index < -0.39 is 15.9 Å². The van der Waals surface area contributed by atoms with Gasteiger partial charge in [-0.2, -0.15) is 0 Å². The lowest BCUT2D eigenvalue weighted by Crippen LogP contribution is -2.18. The number of nitrogens with one attached hydrogen (secondary N) is 1. The number of rotatable bonds is 5. The number of carbonyl (C=O) groups is 1. The van der Waals surface area contributed by atoms with Crippen molar-refractivity contribution in [2.45, 2.75) is 4.90 Å². The number of amides is 1. The molecule has 100 valence electrons. The highest BCUT2D eigenvalue weighted by atomic mass is 32.2.